The van der Waals surface area contributed by atoms with Crippen molar-refractivity contribution in [1.29, 1.82) is 0 Å². The van der Waals surface area contributed by atoms with Gasteiger partial charge in [-0.2, -0.15) is 0 Å². The quantitative estimate of drug-likeness (QED) is 0.860. The van der Waals surface area contributed by atoms with Crippen LogP contribution in [0.2, 0.25) is 0 Å². The number of nitrogens with two attached hydrogens (primary N) is 1. The molecule has 0 radical (unpaired) electrons. The molecule has 1 aliphatic heterocycles. The lowest BCUT2D eigenvalue weighted by Gasteiger charge is -2.26. The number of fused-ring (bicyclic) bond motifs is 1. The highest BCUT2D eigenvalue weighted by atomic mass is 16.4. The molecule has 0 aliphatic carbocycles. The van der Waals surface area contributed by atoms with Gasteiger partial charge in [0.2, 0.25) is 5.91 Å². The predicted octanol–water partition coefficient (Wildman–Crippen LogP) is 1.33. The van der Waals surface area contributed by atoms with Gasteiger partial charge in [-0.15, -0.1) is 0 Å². The molecule has 0 spiro atoms. The van der Waals surface area contributed by atoms with E-state index in [0.717, 1.165) is 11.3 Å². The Morgan fingerprint density at radius 1 is 1.42 bits per heavy atom. The van der Waals surface area contributed by atoms with Crippen LogP contribution in [0.4, 0.5) is 5.69 Å². The van der Waals surface area contributed by atoms with Crippen molar-refractivity contribution in [2.24, 2.45) is 5.73 Å². The van der Waals surface area contributed by atoms with Crippen LogP contribution in [-0.4, -0.2) is 29.1 Å². The molecule has 0 fully saturated rings. The van der Waals surface area contributed by atoms with Crippen molar-refractivity contribution in [3.05, 3.63) is 29.8 Å². The Hall–Kier alpha value is -1.88. The van der Waals surface area contributed by atoms with Crippen LogP contribution in [-0.2, 0) is 9.59 Å². The van der Waals surface area contributed by atoms with E-state index in [1.807, 2.05) is 24.3 Å². The molecule has 1 heterocycles. The van der Waals surface area contributed by atoms with Crippen molar-refractivity contribution in [2.75, 3.05) is 11.4 Å². The van der Waals surface area contributed by atoms with Gasteiger partial charge >= 0.3 is 5.97 Å². The molecular formula is C14H18N2O3. The molecule has 3 N–H and O–H groups in total. The van der Waals surface area contributed by atoms with Crippen molar-refractivity contribution >= 4 is 17.6 Å². The summed E-state index contributed by atoms with van der Waals surface area (Å²) in [7, 11) is 0. The van der Waals surface area contributed by atoms with E-state index in [1.54, 1.807) is 18.7 Å². The molecule has 1 amide bonds. The molecule has 1 unspecified atom stereocenters. The second-order valence-electron chi connectivity index (χ2n) is 5.49. The zero-order valence-electron chi connectivity index (χ0n) is 11.1. The third-order valence-corrected chi connectivity index (χ3v) is 3.29. The molecule has 1 aromatic carbocycles. The Labute approximate surface area is 112 Å². The molecule has 1 aliphatic rings. The lowest BCUT2D eigenvalue weighted by atomic mass is 9.98. The van der Waals surface area contributed by atoms with E-state index in [2.05, 4.69) is 0 Å². The van der Waals surface area contributed by atoms with Gasteiger partial charge < -0.3 is 15.7 Å². The van der Waals surface area contributed by atoms with E-state index < -0.39 is 11.5 Å². The fraction of sp³-hybridized carbons (Fsp3) is 0.429. The fourth-order valence-corrected chi connectivity index (χ4v) is 2.42. The zero-order valence-corrected chi connectivity index (χ0v) is 11.1. The summed E-state index contributed by atoms with van der Waals surface area (Å²) in [6.07, 6.45) is 0.0196. The third kappa shape index (κ3) is 2.61. The van der Waals surface area contributed by atoms with Crippen LogP contribution in [0.15, 0.2) is 24.3 Å². The van der Waals surface area contributed by atoms with Crippen molar-refractivity contribution in [1.82, 2.24) is 0 Å². The summed E-state index contributed by atoms with van der Waals surface area (Å²) in [5.74, 6) is -1.21. The molecule has 0 saturated heterocycles. The molecule has 1 aromatic rings. The van der Waals surface area contributed by atoms with Gasteiger partial charge in [-0.25, -0.2) is 0 Å². The lowest BCUT2D eigenvalue weighted by Crippen LogP contribution is -2.51. The average Bonchev–Trinajstić information content (AvgIpc) is 2.65. The van der Waals surface area contributed by atoms with Crippen LogP contribution in [0.5, 0.6) is 0 Å². The summed E-state index contributed by atoms with van der Waals surface area (Å²) in [6.45, 7) is 3.69. The first-order valence-corrected chi connectivity index (χ1v) is 6.22. The Morgan fingerprint density at radius 3 is 2.63 bits per heavy atom. The maximum atomic E-state index is 12.3. The first-order chi connectivity index (χ1) is 8.80. The van der Waals surface area contributed by atoms with E-state index in [0.29, 0.717) is 6.54 Å². The Morgan fingerprint density at radius 2 is 2.05 bits per heavy atom. The maximum absolute atomic E-state index is 12.3. The number of amides is 1. The monoisotopic (exact) mass is 262 g/mol. The highest BCUT2D eigenvalue weighted by Crippen LogP contribution is 2.38. The number of rotatable bonds is 3. The molecule has 19 heavy (non-hydrogen) atoms. The molecule has 0 aromatic heterocycles. The number of carboxylic acid groups (broad SMARTS) is 1. The third-order valence-electron chi connectivity index (χ3n) is 3.29. The normalized spacial score (nSPS) is 18.3. The number of anilines is 1. The fourth-order valence-electron chi connectivity index (χ4n) is 2.42. The summed E-state index contributed by atoms with van der Waals surface area (Å²) in [4.78, 5) is 24.8. The minimum absolute atomic E-state index is 0.0196. The number of carboxylic acids is 1. The van der Waals surface area contributed by atoms with E-state index in [-0.39, 0.29) is 18.2 Å². The summed E-state index contributed by atoms with van der Waals surface area (Å²) in [5.41, 5.74) is 6.57. The predicted molar refractivity (Wildman–Crippen MR) is 72.1 cm³/mol. The second-order valence-corrected chi connectivity index (χ2v) is 5.49. The zero-order chi connectivity index (χ0) is 14.2. The van der Waals surface area contributed by atoms with Gasteiger partial charge in [0.1, 0.15) is 0 Å². The van der Waals surface area contributed by atoms with Gasteiger partial charge in [0, 0.05) is 18.2 Å². The molecule has 102 valence electrons. The standard InChI is InChI=1S/C14H18N2O3/c1-14(2,15)13(19)16-8-9(7-12(17)18)10-5-3-4-6-11(10)16/h3-6,9H,7-8,15H2,1-2H3,(H,17,18). The largest absolute Gasteiger partial charge is 0.481 e. The van der Waals surface area contributed by atoms with Gasteiger partial charge in [0.25, 0.3) is 0 Å². The smallest absolute Gasteiger partial charge is 0.304 e. The van der Waals surface area contributed by atoms with Crippen molar-refractivity contribution in [2.45, 2.75) is 31.7 Å². The van der Waals surface area contributed by atoms with Crippen LogP contribution in [0.1, 0.15) is 31.7 Å². The van der Waals surface area contributed by atoms with Gasteiger partial charge in [-0.1, -0.05) is 18.2 Å². The molecule has 0 saturated carbocycles. The first kappa shape index (κ1) is 13.5. The van der Waals surface area contributed by atoms with Gasteiger partial charge in [-0.3, -0.25) is 9.59 Å². The Balaban J connectivity index is 2.35. The Kier molecular flexibility index (Phi) is 3.32. The topological polar surface area (TPSA) is 83.6 Å². The summed E-state index contributed by atoms with van der Waals surface area (Å²) < 4.78 is 0. The summed E-state index contributed by atoms with van der Waals surface area (Å²) >= 11 is 0. The van der Waals surface area contributed by atoms with Crippen molar-refractivity contribution < 1.29 is 14.7 Å². The highest BCUT2D eigenvalue weighted by Gasteiger charge is 2.37. The second kappa shape index (κ2) is 4.66. The number of hydrogen-bond acceptors (Lipinski definition) is 3. The van der Waals surface area contributed by atoms with Crippen molar-refractivity contribution in [3.63, 3.8) is 0 Å². The molecular weight excluding hydrogens is 244 g/mol. The number of para-hydroxylation sites is 1. The lowest BCUT2D eigenvalue weighted by molar-refractivity contribution is -0.137. The number of aliphatic carboxylic acids is 1. The van der Waals surface area contributed by atoms with Gasteiger partial charge in [-0.05, 0) is 25.5 Å². The van der Waals surface area contributed by atoms with Crippen LogP contribution in [0, 0.1) is 0 Å². The Bertz CT molecular complexity index is 520. The van der Waals surface area contributed by atoms with E-state index in [4.69, 9.17) is 10.8 Å². The van der Waals surface area contributed by atoms with Gasteiger partial charge in [0.15, 0.2) is 0 Å². The van der Waals surface area contributed by atoms with E-state index in [9.17, 15) is 9.59 Å². The van der Waals surface area contributed by atoms with Gasteiger partial charge in [0.05, 0.1) is 12.0 Å². The van der Waals surface area contributed by atoms with Crippen LogP contribution >= 0.6 is 0 Å². The molecule has 0 bridgehead atoms. The van der Waals surface area contributed by atoms with Crippen LogP contribution < -0.4 is 10.6 Å². The average molecular weight is 262 g/mol. The maximum Gasteiger partial charge on any atom is 0.304 e. The first-order valence-electron chi connectivity index (χ1n) is 6.22. The number of benzene rings is 1. The number of hydrogen-bond donors (Lipinski definition) is 2. The summed E-state index contributed by atoms with van der Waals surface area (Å²) in [6, 6.07) is 7.40. The number of nitrogens with zero attached hydrogens (tertiary/aromatic N) is 1. The van der Waals surface area contributed by atoms with Crippen molar-refractivity contribution in [3.8, 4) is 0 Å². The van der Waals surface area contributed by atoms with Crippen LogP contribution in [0.25, 0.3) is 0 Å². The molecule has 5 nitrogen and oxygen atoms in total. The minimum Gasteiger partial charge on any atom is -0.481 e. The molecule has 1 atom stereocenters. The SMILES string of the molecule is CC(C)(N)C(=O)N1CC(CC(=O)O)c2ccccc21. The highest BCUT2D eigenvalue weighted by molar-refractivity contribution is 6.01. The van der Waals surface area contributed by atoms with E-state index in [1.165, 1.54) is 0 Å². The molecule has 2 rings (SSSR count). The minimum atomic E-state index is -0.967. The molecule has 5 heteroatoms. The van der Waals surface area contributed by atoms with E-state index >= 15 is 0 Å². The summed E-state index contributed by atoms with van der Waals surface area (Å²) in [5, 5.41) is 8.96. The van der Waals surface area contributed by atoms with Crippen LogP contribution in [0.3, 0.4) is 0 Å². The number of carbonyl (C=O) groups is 2. The number of carbonyl (C=O) groups excluding carboxylic acids is 1.